The van der Waals surface area contributed by atoms with Gasteiger partial charge in [0.25, 0.3) is 0 Å². The average Bonchev–Trinajstić information content (AvgIpc) is 2.34. The Morgan fingerprint density at radius 1 is 1.18 bits per heavy atom. The van der Waals surface area contributed by atoms with Crippen molar-refractivity contribution in [1.29, 1.82) is 5.26 Å². The molecule has 2 rings (SSSR count). The van der Waals surface area contributed by atoms with E-state index >= 15 is 0 Å². The lowest BCUT2D eigenvalue weighted by Crippen LogP contribution is -1.94. The van der Waals surface area contributed by atoms with Gasteiger partial charge in [0.2, 0.25) is 0 Å². The Labute approximate surface area is 99.3 Å². The van der Waals surface area contributed by atoms with Crippen molar-refractivity contribution in [3.8, 4) is 6.07 Å². The number of hydrogen-bond donors (Lipinski definition) is 1. The van der Waals surface area contributed by atoms with Crippen LogP contribution in [0.15, 0.2) is 42.5 Å². The van der Waals surface area contributed by atoms with Crippen molar-refractivity contribution in [3.63, 3.8) is 0 Å². The number of nitrogens with one attached hydrogen (secondary N) is 1. The minimum absolute atomic E-state index is 0.260. The first-order valence-corrected chi connectivity index (χ1v) is 5.23. The maximum atomic E-state index is 13.4. The van der Waals surface area contributed by atoms with Crippen LogP contribution in [-0.2, 0) is 0 Å². The van der Waals surface area contributed by atoms with Crippen molar-refractivity contribution >= 4 is 11.4 Å². The normalized spacial score (nSPS) is 9.71. The summed E-state index contributed by atoms with van der Waals surface area (Å²) >= 11 is 0. The van der Waals surface area contributed by atoms with Crippen LogP contribution in [0.3, 0.4) is 0 Å². The van der Waals surface area contributed by atoms with Crippen molar-refractivity contribution < 1.29 is 4.39 Å². The van der Waals surface area contributed by atoms with Crippen LogP contribution in [0.25, 0.3) is 0 Å². The van der Waals surface area contributed by atoms with Crippen LogP contribution in [0, 0.1) is 24.1 Å². The second-order valence-electron chi connectivity index (χ2n) is 3.75. The molecule has 84 valence electrons. The summed E-state index contributed by atoms with van der Waals surface area (Å²) in [4.78, 5) is 0. The van der Waals surface area contributed by atoms with Crippen LogP contribution < -0.4 is 5.32 Å². The fourth-order valence-electron chi connectivity index (χ4n) is 1.52. The van der Waals surface area contributed by atoms with E-state index in [0.717, 1.165) is 0 Å². The number of halogens is 1. The minimum atomic E-state index is -0.260. The van der Waals surface area contributed by atoms with Gasteiger partial charge in [0, 0.05) is 5.69 Å². The van der Waals surface area contributed by atoms with Crippen molar-refractivity contribution in [1.82, 2.24) is 0 Å². The molecule has 0 bridgehead atoms. The summed E-state index contributed by atoms with van der Waals surface area (Å²) in [7, 11) is 0. The highest BCUT2D eigenvalue weighted by Crippen LogP contribution is 2.21. The first-order valence-electron chi connectivity index (χ1n) is 5.23. The summed E-state index contributed by atoms with van der Waals surface area (Å²) in [6.07, 6.45) is 0. The lowest BCUT2D eigenvalue weighted by Gasteiger charge is -2.08. The smallest absolute Gasteiger partial charge is 0.128 e. The number of hydrogen-bond acceptors (Lipinski definition) is 2. The van der Waals surface area contributed by atoms with E-state index in [1.54, 1.807) is 37.3 Å². The fourth-order valence-corrected chi connectivity index (χ4v) is 1.52. The molecule has 0 saturated heterocycles. The Hall–Kier alpha value is -2.34. The molecule has 0 amide bonds. The predicted octanol–water partition coefficient (Wildman–Crippen LogP) is 3.75. The second-order valence-corrected chi connectivity index (χ2v) is 3.75. The molecule has 2 aromatic carbocycles. The van der Waals surface area contributed by atoms with Gasteiger partial charge in [-0.1, -0.05) is 18.2 Å². The molecule has 0 aliphatic heterocycles. The van der Waals surface area contributed by atoms with E-state index < -0.39 is 0 Å². The fraction of sp³-hybridized carbons (Fsp3) is 0.0714. The highest BCUT2D eigenvalue weighted by atomic mass is 19.1. The number of benzene rings is 2. The second kappa shape index (κ2) is 4.67. The van der Waals surface area contributed by atoms with Gasteiger partial charge in [-0.3, -0.25) is 0 Å². The molecule has 0 aromatic heterocycles. The highest BCUT2D eigenvalue weighted by molar-refractivity contribution is 5.66. The Kier molecular flexibility index (Phi) is 3.06. The number of aryl methyl sites for hydroxylation is 1. The van der Waals surface area contributed by atoms with Gasteiger partial charge in [-0.2, -0.15) is 5.26 Å². The van der Waals surface area contributed by atoms with Gasteiger partial charge >= 0.3 is 0 Å². The van der Waals surface area contributed by atoms with Gasteiger partial charge in [-0.05, 0) is 36.8 Å². The molecular formula is C14H11FN2. The van der Waals surface area contributed by atoms with E-state index in [9.17, 15) is 4.39 Å². The maximum absolute atomic E-state index is 13.4. The molecule has 2 aromatic rings. The number of nitrogens with zero attached hydrogens (tertiary/aromatic N) is 1. The van der Waals surface area contributed by atoms with E-state index in [0.29, 0.717) is 22.5 Å². The zero-order chi connectivity index (χ0) is 12.3. The third kappa shape index (κ3) is 2.43. The van der Waals surface area contributed by atoms with E-state index in [1.165, 1.54) is 6.07 Å². The molecule has 0 heterocycles. The molecule has 0 aliphatic carbocycles. The molecule has 1 N–H and O–H groups in total. The van der Waals surface area contributed by atoms with E-state index in [-0.39, 0.29) is 5.82 Å². The molecule has 0 saturated carbocycles. The summed E-state index contributed by atoms with van der Waals surface area (Å²) in [5, 5.41) is 12.0. The van der Waals surface area contributed by atoms with Gasteiger partial charge in [0.05, 0.1) is 11.3 Å². The monoisotopic (exact) mass is 226 g/mol. The molecule has 17 heavy (non-hydrogen) atoms. The lowest BCUT2D eigenvalue weighted by molar-refractivity contribution is 0.619. The largest absolute Gasteiger partial charge is 0.354 e. The van der Waals surface area contributed by atoms with Gasteiger partial charge in [0.1, 0.15) is 11.9 Å². The zero-order valence-electron chi connectivity index (χ0n) is 9.37. The number of nitriles is 1. The molecular weight excluding hydrogens is 215 g/mol. The van der Waals surface area contributed by atoms with Crippen LogP contribution in [0.4, 0.5) is 15.8 Å². The topological polar surface area (TPSA) is 35.8 Å². The number of para-hydroxylation sites is 1. The zero-order valence-corrected chi connectivity index (χ0v) is 9.37. The van der Waals surface area contributed by atoms with Crippen LogP contribution >= 0.6 is 0 Å². The molecule has 3 heteroatoms. The summed E-state index contributed by atoms with van der Waals surface area (Å²) in [6.45, 7) is 1.71. The van der Waals surface area contributed by atoms with Crippen LogP contribution in [0.2, 0.25) is 0 Å². The predicted molar refractivity (Wildman–Crippen MR) is 65.6 cm³/mol. The standard InChI is InChI=1S/C14H11FN2/c1-10-6-7-12(8-13(10)15)17-14-5-3-2-4-11(14)9-16/h2-8,17H,1H3. The molecule has 0 atom stereocenters. The Morgan fingerprint density at radius 3 is 2.65 bits per heavy atom. The first-order chi connectivity index (χ1) is 8.20. The van der Waals surface area contributed by atoms with Gasteiger partial charge in [0.15, 0.2) is 0 Å². The minimum Gasteiger partial charge on any atom is -0.354 e. The SMILES string of the molecule is Cc1ccc(Nc2ccccc2C#N)cc1F. The molecule has 0 fully saturated rings. The van der Waals surface area contributed by atoms with Crippen LogP contribution in [0.5, 0.6) is 0 Å². The van der Waals surface area contributed by atoms with Crippen LogP contribution in [0.1, 0.15) is 11.1 Å². The third-order valence-electron chi connectivity index (χ3n) is 2.50. The van der Waals surface area contributed by atoms with Crippen molar-refractivity contribution in [3.05, 3.63) is 59.4 Å². The van der Waals surface area contributed by atoms with E-state index in [1.807, 2.05) is 6.07 Å². The maximum Gasteiger partial charge on any atom is 0.128 e. The summed E-state index contributed by atoms with van der Waals surface area (Å²) in [5.41, 5.74) is 2.45. The average molecular weight is 226 g/mol. The van der Waals surface area contributed by atoms with E-state index in [2.05, 4.69) is 11.4 Å². The van der Waals surface area contributed by atoms with E-state index in [4.69, 9.17) is 5.26 Å². The Morgan fingerprint density at radius 2 is 1.94 bits per heavy atom. The summed E-state index contributed by atoms with van der Waals surface area (Å²) in [5.74, 6) is -0.260. The molecule has 0 spiro atoms. The van der Waals surface area contributed by atoms with Crippen LogP contribution in [-0.4, -0.2) is 0 Å². The Balaban J connectivity index is 2.32. The molecule has 2 nitrogen and oxygen atoms in total. The van der Waals surface area contributed by atoms with Crippen molar-refractivity contribution in [2.45, 2.75) is 6.92 Å². The van der Waals surface area contributed by atoms with Gasteiger partial charge in [-0.15, -0.1) is 0 Å². The van der Waals surface area contributed by atoms with Gasteiger partial charge in [-0.25, -0.2) is 4.39 Å². The first kappa shape index (κ1) is 11.2. The summed E-state index contributed by atoms with van der Waals surface area (Å²) in [6, 6.07) is 14.1. The molecule has 0 aliphatic rings. The molecule has 0 radical (unpaired) electrons. The quantitative estimate of drug-likeness (QED) is 0.846. The van der Waals surface area contributed by atoms with Crippen molar-refractivity contribution in [2.75, 3.05) is 5.32 Å². The lowest BCUT2D eigenvalue weighted by atomic mass is 10.1. The Bertz CT molecular complexity index is 585. The van der Waals surface area contributed by atoms with Gasteiger partial charge < -0.3 is 5.32 Å². The highest BCUT2D eigenvalue weighted by Gasteiger charge is 2.03. The van der Waals surface area contributed by atoms with Crippen molar-refractivity contribution in [2.24, 2.45) is 0 Å². The molecule has 0 unspecified atom stereocenters. The number of rotatable bonds is 2. The number of anilines is 2. The third-order valence-corrected chi connectivity index (χ3v) is 2.50. The summed E-state index contributed by atoms with van der Waals surface area (Å²) < 4.78 is 13.4.